The minimum atomic E-state index is 0.638. The minimum Gasteiger partial charge on any atom is -0.493 e. The quantitative estimate of drug-likeness (QED) is 0.726. The number of imidazole rings is 2. The third-order valence-corrected chi connectivity index (χ3v) is 4.07. The lowest BCUT2D eigenvalue weighted by molar-refractivity contribution is 0.187. The molecule has 3 aromatic rings. The van der Waals surface area contributed by atoms with Crippen molar-refractivity contribution < 1.29 is 9.47 Å². The van der Waals surface area contributed by atoms with Crippen molar-refractivity contribution in [1.29, 1.82) is 0 Å². The van der Waals surface area contributed by atoms with Gasteiger partial charge < -0.3 is 14.0 Å². The fraction of sp³-hybridized carbons (Fsp3) is 0.294. The summed E-state index contributed by atoms with van der Waals surface area (Å²) < 4.78 is 15.0. The maximum atomic E-state index is 5.67. The van der Waals surface area contributed by atoms with Gasteiger partial charge in [0.15, 0.2) is 11.6 Å². The SMILES string of the molecule is COCCn1ccnc1-c1nccn1-c1cccc2c1CCO2. The number of benzene rings is 1. The highest BCUT2D eigenvalue weighted by molar-refractivity contribution is 5.57. The normalized spacial score (nSPS) is 13.1. The summed E-state index contributed by atoms with van der Waals surface area (Å²) in [5, 5.41) is 0. The zero-order chi connectivity index (χ0) is 15.6. The Morgan fingerprint density at radius 3 is 2.96 bits per heavy atom. The number of rotatable bonds is 5. The van der Waals surface area contributed by atoms with Gasteiger partial charge >= 0.3 is 0 Å². The van der Waals surface area contributed by atoms with Crippen LogP contribution in [-0.2, 0) is 17.7 Å². The van der Waals surface area contributed by atoms with Crippen molar-refractivity contribution in [2.75, 3.05) is 20.3 Å². The lowest BCUT2D eigenvalue weighted by atomic mass is 10.1. The highest BCUT2D eigenvalue weighted by atomic mass is 16.5. The molecule has 6 heteroatoms. The van der Waals surface area contributed by atoms with Crippen LogP contribution in [0.1, 0.15) is 5.56 Å². The number of ether oxygens (including phenoxy) is 2. The maximum absolute atomic E-state index is 5.67. The van der Waals surface area contributed by atoms with Crippen LogP contribution in [0.25, 0.3) is 17.3 Å². The van der Waals surface area contributed by atoms with E-state index in [0.717, 1.165) is 42.7 Å². The topological polar surface area (TPSA) is 54.1 Å². The standard InChI is InChI=1S/C17H18N4O2/c1-22-12-10-20-8-6-18-16(20)17-19-7-9-21(17)14-3-2-4-15-13(14)5-11-23-15/h2-4,6-9H,5,10-12H2,1H3. The van der Waals surface area contributed by atoms with E-state index < -0.39 is 0 Å². The van der Waals surface area contributed by atoms with Gasteiger partial charge in [0.2, 0.25) is 0 Å². The lowest BCUT2D eigenvalue weighted by Gasteiger charge is -2.12. The molecule has 6 nitrogen and oxygen atoms in total. The Morgan fingerprint density at radius 2 is 2.04 bits per heavy atom. The molecule has 0 fully saturated rings. The highest BCUT2D eigenvalue weighted by Crippen LogP contribution is 2.32. The largest absolute Gasteiger partial charge is 0.493 e. The van der Waals surface area contributed by atoms with Gasteiger partial charge in [-0.1, -0.05) is 6.07 Å². The van der Waals surface area contributed by atoms with Gasteiger partial charge in [0.25, 0.3) is 0 Å². The Morgan fingerprint density at radius 1 is 1.17 bits per heavy atom. The fourth-order valence-electron chi connectivity index (χ4n) is 2.98. The van der Waals surface area contributed by atoms with E-state index in [9.17, 15) is 0 Å². The molecule has 0 saturated heterocycles. The van der Waals surface area contributed by atoms with E-state index in [2.05, 4.69) is 25.2 Å². The molecule has 0 amide bonds. The molecule has 1 aliphatic rings. The summed E-state index contributed by atoms with van der Waals surface area (Å²) in [6.45, 7) is 2.12. The Balaban J connectivity index is 1.78. The summed E-state index contributed by atoms with van der Waals surface area (Å²) >= 11 is 0. The number of methoxy groups -OCH3 is 1. The lowest BCUT2D eigenvalue weighted by Crippen LogP contribution is -2.08. The first kappa shape index (κ1) is 14.0. The van der Waals surface area contributed by atoms with Crippen LogP contribution >= 0.6 is 0 Å². The van der Waals surface area contributed by atoms with Crippen molar-refractivity contribution in [2.45, 2.75) is 13.0 Å². The molecule has 0 radical (unpaired) electrons. The number of fused-ring (bicyclic) bond motifs is 1. The zero-order valence-corrected chi connectivity index (χ0v) is 13.0. The van der Waals surface area contributed by atoms with E-state index in [1.54, 1.807) is 19.5 Å². The van der Waals surface area contributed by atoms with Crippen LogP contribution in [0.2, 0.25) is 0 Å². The molecule has 118 valence electrons. The van der Waals surface area contributed by atoms with Gasteiger partial charge in [0.05, 0.1) is 18.9 Å². The van der Waals surface area contributed by atoms with Gasteiger partial charge in [-0.2, -0.15) is 0 Å². The van der Waals surface area contributed by atoms with E-state index in [1.165, 1.54) is 5.56 Å². The predicted molar refractivity (Wildman–Crippen MR) is 85.9 cm³/mol. The monoisotopic (exact) mass is 310 g/mol. The number of hydrogen-bond donors (Lipinski definition) is 0. The first-order valence-corrected chi connectivity index (χ1v) is 7.67. The van der Waals surface area contributed by atoms with Crippen LogP contribution in [0.5, 0.6) is 5.75 Å². The molecule has 0 saturated carbocycles. The second-order valence-electron chi connectivity index (χ2n) is 5.41. The van der Waals surface area contributed by atoms with Gasteiger partial charge in [0, 0.05) is 50.4 Å². The third kappa shape index (κ3) is 2.41. The number of nitrogens with zero attached hydrogens (tertiary/aromatic N) is 4. The average molecular weight is 310 g/mol. The molecule has 1 aromatic carbocycles. The molecule has 1 aliphatic heterocycles. The highest BCUT2D eigenvalue weighted by Gasteiger charge is 2.20. The molecular weight excluding hydrogens is 292 g/mol. The van der Waals surface area contributed by atoms with E-state index in [1.807, 2.05) is 24.5 Å². The summed E-state index contributed by atoms with van der Waals surface area (Å²) in [6.07, 6.45) is 8.44. The smallest absolute Gasteiger partial charge is 0.181 e. The van der Waals surface area contributed by atoms with Crippen LogP contribution < -0.4 is 4.74 Å². The van der Waals surface area contributed by atoms with Crippen LogP contribution in [0.4, 0.5) is 0 Å². The zero-order valence-electron chi connectivity index (χ0n) is 13.0. The Kier molecular flexibility index (Phi) is 3.59. The number of aromatic nitrogens is 4. The third-order valence-electron chi connectivity index (χ3n) is 4.07. The molecule has 0 aliphatic carbocycles. The van der Waals surface area contributed by atoms with Gasteiger partial charge in [-0.05, 0) is 12.1 Å². The second-order valence-corrected chi connectivity index (χ2v) is 5.41. The first-order valence-electron chi connectivity index (χ1n) is 7.67. The number of hydrogen-bond acceptors (Lipinski definition) is 4. The van der Waals surface area contributed by atoms with Crippen molar-refractivity contribution in [2.24, 2.45) is 0 Å². The van der Waals surface area contributed by atoms with Crippen LogP contribution in [0.15, 0.2) is 43.0 Å². The summed E-state index contributed by atoms with van der Waals surface area (Å²) in [5.41, 5.74) is 2.33. The van der Waals surface area contributed by atoms with Crippen molar-refractivity contribution >= 4 is 0 Å². The molecular formula is C17H18N4O2. The molecule has 23 heavy (non-hydrogen) atoms. The Labute approximate surface area is 134 Å². The predicted octanol–water partition coefficient (Wildman–Crippen LogP) is 2.32. The molecule has 0 atom stereocenters. The first-order chi connectivity index (χ1) is 11.4. The molecule has 4 rings (SSSR count). The summed E-state index contributed by atoms with van der Waals surface area (Å²) in [7, 11) is 1.70. The van der Waals surface area contributed by atoms with E-state index >= 15 is 0 Å². The van der Waals surface area contributed by atoms with Crippen LogP contribution in [-0.4, -0.2) is 39.4 Å². The maximum Gasteiger partial charge on any atom is 0.181 e. The second kappa shape index (κ2) is 5.89. The van der Waals surface area contributed by atoms with Gasteiger partial charge in [-0.3, -0.25) is 4.57 Å². The molecule has 2 aromatic heterocycles. The molecule has 0 bridgehead atoms. The van der Waals surface area contributed by atoms with Gasteiger partial charge in [-0.25, -0.2) is 9.97 Å². The average Bonchev–Trinajstić information content (AvgIpc) is 3.30. The summed E-state index contributed by atoms with van der Waals surface area (Å²) in [4.78, 5) is 9.01. The molecule has 3 heterocycles. The van der Waals surface area contributed by atoms with Crippen LogP contribution in [0, 0.1) is 0 Å². The fourth-order valence-corrected chi connectivity index (χ4v) is 2.98. The summed E-state index contributed by atoms with van der Waals surface area (Å²) in [6, 6.07) is 6.13. The molecule has 0 N–H and O–H groups in total. The van der Waals surface area contributed by atoms with E-state index in [0.29, 0.717) is 6.61 Å². The van der Waals surface area contributed by atoms with E-state index in [-0.39, 0.29) is 0 Å². The minimum absolute atomic E-state index is 0.638. The van der Waals surface area contributed by atoms with Crippen molar-refractivity contribution in [3.05, 3.63) is 48.5 Å². The Hall–Kier alpha value is -2.60. The molecule has 0 unspecified atom stereocenters. The van der Waals surface area contributed by atoms with Gasteiger partial charge in [0.1, 0.15) is 5.75 Å². The van der Waals surface area contributed by atoms with Crippen molar-refractivity contribution in [3.8, 4) is 23.1 Å². The van der Waals surface area contributed by atoms with Gasteiger partial charge in [-0.15, -0.1) is 0 Å². The Bertz CT molecular complexity index is 822. The van der Waals surface area contributed by atoms with Crippen LogP contribution in [0.3, 0.4) is 0 Å². The molecule has 0 spiro atoms. The van der Waals surface area contributed by atoms with Crippen molar-refractivity contribution in [3.63, 3.8) is 0 Å². The summed E-state index contributed by atoms with van der Waals surface area (Å²) in [5.74, 6) is 2.62. The van der Waals surface area contributed by atoms with E-state index in [4.69, 9.17) is 9.47 Å². The van der Waals surface area contributed by atoms with Crippen molar-refractivity contribution in [1.82, 2.24) is 19.1 Å².